The average Bonchev–Trinajstić information content (AvgIpc) is 3.30. The van der Waals surface area contributed by atoms with E-state index in [1.165, 1.54) is 18.4 Å². The Morgan fingerprint density at radius 3 is 2.65 bits per heavy atom. The van der Waals surface area contributed by atoms with Gasteiger partial charge in [-0.25, -0.2) is 9.97 Å². The molecule has 4 heteroatoms. The highest BCUT2D eigenvalue weighted by Gasteiger charge is 2.27. The second kappa shape index (κ2) is 5.80. The number of halogens is 1. The molecule has 20 heavy (non-hydrogen) atoms. The second-order valence-corrected chi connectivity index (χ2v) is 5.73. The van der Waals surface area contributed by atoms with Crippen molar-refractivity contribution in [2.45, 2.75) is 25.2 Å². The van der Waals surface area contributed by atoms with Gasteiger partial charge in [-0.3, -0.25) is 0 Å². The summed E-state index contributed by atoms with van der Waals surface area (Å²) in [6.45, 7) is 0.918. The number of hydrogen-bond acceptors (Lipinski definition) is 3. The van der Waals surface area contributed by atoms with Crippen LogP contribution in [0.2, 0.25) is 5.15 Å². The van der Waals surface area contributed by atoms with Gasteiger partial charge in [-0.05, 0) is 24.8 Å². The maximum atomic E-state index is 6.11. The van der Waals surface area contributed by atoms with E-state index in [0.717, 1.165) is 24.6 Å². The monoisotopic (exact) mass is 287 g/mol. The van der Waals surface area contributed by atoms with Crippen LogP contribution in [-0.4, -0.2) is 23.6 Å². The molecule has 1 aromatic heterocycles. The second-order valence-electron chi connectivity index (χ2n) is 5.34. The minimum Gasteiger partial charge on any atom is -0.359 e. The number of anilines is 1. The summed E-state index contributed by atoms with van der Waals surface area (Å²) >= 11 is 6.11. The molecular formula is C16H18ClN3. The third kappa shape index (κ3) is 3.28. The van der Waals surface area contributed by atoms with Gasteiger partial charge >= 0.3 is 0 Å². The lowest BCUT2D eigenvalue weighted by molar-refractivity contribution is 0.834. The maximum Gasteiger partial charge on any atom is 0.135 e. The summed E-state index contributed by atoms with van der Waals surface area (Å²) in [5, 5.41) is 0.545. The van der Waals surface area contributed by atoms with Crippen molar-refractivity contribution in [2.24, 2.45) is 0 Å². The van der Waals surface area contributed by atoms with Gasteiger partial charge in [-0.15, -0.1) is 0 Å². The molecule has 1 aliphatic rings. The summed E-state index contributed by atoms with van der Waals surface area (Å²) in [6, 6.07) is 12.3. The van der Waals surface area contributed by atoms with E-state index in [4.69, 9.17) is 11.6 Å². The highest BCUT2D eigenvalue weighted by molar-refractivity contribution is 6.29. The van der Waals surface area contributed by atoms with Crippen LogP contribution in [0.3, 0.4) is 0 Å². The summed E-state index contributed by atoms with van der Waals surface area (Å²) < 4.78 is 0. The summed E-state index contributed by atoms with van der Waals surface area (Å²) in [5.74, 6) is 2.34. The molecule has 1 aliphatic carbocycles. The van der Waals surface area contributed by atoms with Gasteiger partial charge in [0, 0.05) is 25.6 Å². The molecule has 0 radical (unpaired) electrons. The number of benzene rings is 1. The Kier molecular flexibility index (Phi) is 3.88. The van der Waals surface area contributed by atoms with Crippen LogP contribution in [0.25, 0.3) is 0 Å². The van der Waals surface area contributed by atoms with Crippen LogP contribution in [0.4, 0.5) is 5.82 Å². The Bertz CT molecular complexity index is 582. The Morgan fingerprint density at radius 1 is 1.20 bits per heavy atom. The summed E-state index contributed by atoms with van der Waals surface area (Å²) in [4.78, 5) is 11.1. The molecule has 2 aromatic rings. The van der Waals surface area contributed by atoms with Crippen molar-refractivity contribution < 1.29 is 0 Å². The smallest absolute Gasteiger partial charge is 0.135 e. The molecule has 0 unspecified atom stereocenters. The van der Waals surface area contributed by atoms with E-state index >= 15 is 0 Å². The average molecular weight is 288 g/mol. The molecule has 0 bridgehead atoms. The number of nitrogens with zero attached hydrogens (tertiary/aromatic N) is 3. The van der Waals surface area contributed by atoms with E-state index in [1.54, 1.807) is 0 Å². The maximum absolute atomic E-state index is 6.11. The van der Waals surface area contributed by atoms with E-state index in [1.807, 2.05) is 12.1 Å². The van der Waals surface area contributed by atoms with Crippen LogP contribution >= 0.6 is 11.6 Å². The van der Waals surface area contributed by atoms with Crippen LogP contribution in [0.1, 0.15) is 30.1 Å². The quantitative estimate of drug-likeness (QED) is 0.786. The minimum atomic E-state index is 0.523. The van der Waals surface area contributed by atoms with E-state index < -0.39 is 0 Å². The molecule has 1 aromatic carbocycles. The molecule has 0 N–H and O–H groups in total. The van der Waals surface area contributed by atoms with E-state index in [-0.39, 0.29) is 0 Å². The number of likely N-dealkylation sites (N-methyl/N-ethyl adjacent to an activating group) is 1. The van der Waals surface area contributed by atoms with E-state index in [9.17, 15) is 0 Å². The van der Waals surface area contributed by atoms with Crippen LogP contribution in [0.15, 0.2) is 36.4 Å². The zero-order valence-electron chi connectivity index (χ0n) is 11.6. The zero-order chi connectivity index (χ0) is 13.9. The van der Waals surface area contributed by atoms with Crippen LogP contribution in [0.5, 0.6) is 0 Å². The van der Waals surface area contributed by atoms with Gasteiger partial charge in [0.1, 0.15) is 16.8 Å². The first kappa shape index (κ1) is 13.4. The predicted molar refractivity (Wildman–Crippen MR) is 82.4 cm³/mol. The highest BCUT2D eigenvalue weighted by atomic mass is 35.5. The predicted octanol–water partition coefficient (Wildman–Crippen LogP) is 3.69. The van der Waals surface area contributed by atoms with Crippen molar-refractivity contribution in [2.75, 3.05) is 18.5 Å². The zero-order valence-corrected chi connectivity index (χ0v) is 12.3. The van der Waals surface area contributed by atoms with Crippen molar-refractivity contribution >= 4 is 17.4 Å². The van der Waals surface area contributed by atoms with Gasteiger partial charge < -0.3 is 4.90 Å². The van der Waals surface area contributed by atoms with Crippen molar-refractivity contribution in [3.63, 3.8) is 0 Å². The topological polar surface area (TPSA) is 29.0 Å². The Morgan fingerprint density at radius 2 is 1.95 bits per heavy atom. The minimum absolute atomic E-state index is 0.523. The number of hydrogen-bond donors (Lipinski definition) is 0. The van der Waals surface area contributed by atoms with Crippen molar-refractivity contribution in [3.05, 3.63) is 52.9 Å². The lowest BCUT2D eigenvalue weighted by Gasteiger charge is -2.19. The molecule has 1 heterocycles. The SMILES string of the molecule is CN(CCc1ccccc1)c1cc(Cl)nc(C2CC2)n1. The van der Waals surface area contributed by atoms with Gasteiger partial charge in [0.15, 0.2) is 0 Å². The molecule has 3 nitrogen and oxygen atoms in total. The number of aromatic nitrogens is 2. The Hall–Kier alpha value is -1.61. The van der Waals surface area contributed by atoms with Gasteiger partial charge in [0.2, 0.25) is 0 Å². The van der Waals surface area contributed by atoms with Gasteiger partial charge in [0.05, 0.1) is 0 Å². The van der Waals surface area contributed by atoms with Gasteiger partial charge in [-0.1, -0.05) is 41.9 Å². The number of rotatable bonds is 5. The van der Waals surface area contributed by atoms with Crippen LogP contribution < -0.4 is 4.90 Å². The van der Waals surface area contributed by atoms with Crippen LogP contribution in [0, 0.1) is 0 Å². The molecular weight excluding hydrogens is 270 g/mol. The van der Waals surface area contributed by atoms with E-state index in [2.05, 4.69) is 46.2 Å². The largest absolute Gasteiger partial charge is 0.359 e. The van der Waals surface area contributed by atoms with Gasteiger partial charge in [-0.2, -0.15) is 0 Å². The first-order valence-corrected chi connectivity index (χ1v) is 7.40. The lowest BCUT2D eigenvalue weighted by atomic mass is 10.1. The first-order valence-electron chi connectivity index (χ1n) is 7.02. The summed E-state index contributed by atoms with van der Waals surface area (Å²) in [7, 11) is 2.05. The standard InChI is InChI=1S/C16H18ClN3/c1-20(10-9-12-5-3-2-4-6-12)15-11-14(17)18-16(19-15)13-7-8-13/h2-6,11,13H,7-10H2,1H3. The first-order chi connectivity index (χ1) is 9.72. The Labute approximate surface area is 124 Å². The molecule has 104 valence electrons. The highest BCUT2D eigenvalue weighted by Crippen LogP contribution is 2.39. The summed E-state index contributed by atoms with van der Waals surface area (Å²) in [5.41, 5.74) is 1.34. The van der Waals surface area contributed by atoms with Crippen molar-refractivity contribution in [3.8, 4) is 0 Å². The molecule has 1 fully saturated rings. The molecule has 3 rings (SSSR count). The normalized spacial score (nSPS) is 14.3. The van der Waals surface area contributed by atoms with Gasteiger partial charge in [0.25, 0.3) is 0 Å². The van der Waals surface area contributed by atoms with Crippen molar-refractivity contribution in [1.82, 2.24) is 9.97 Å². The fourth-order valence-corrected chi connectivity index (χ4v) is 2.38. The summed E-state index contributed by atoms with van der Waals surface area (Å²) in [6.07, 6.45) is 3.37. The molecule has 0 amide bonds. The molecule has 0 saturated heterocycles. The van der Waals surface area contributed by atoms with Crippen LogP contribution in [-0.2, 0) is 6.42 Å². The van der Waals surface area contributed by atoms with Crippen molar-refractivity contribution in [1.29, 1.82) is 0 Å². The molecule has 0 aliphatic heterocycles. The molecule has 1 saturated carbocycles. The molecule has 0 spiro atoms. The molecule has 0 atom stereocenters. The Balaban J connectivity index is 1.68. The third-order valence-corrected chi connectivity index (χ3v) is 3.80. The lowest BCUT2D eigenvalue weighted by Crippen LogP contribution is -2.22. The third-order valence-electron chi connectivity index (χ3n) is 3.61. The fraction of sp³-hybridized carbons (Fsp3) is 0.375. The van der Waals surface area contributed by atoms with E-state index in [0.29, 0.717) is 11.1 Å². The fourth-order valence-electron chi connectivity index (χ4n) is 2.20.